The number of amides is 1. The minimum atomic E-state index is -1.23. The third-order valence-electron chi connectivity index (χ3n) is 5.41. The van der Waals surface area contributed by atoms with Crippen molar-refractivity contribution >= 4 is 31.4 Å². The predicted molar refractivity (Wildman–Crippen MR) is 115 cm³/mol. The van der Waals surface area contributed by atoms with Gasteiger partial charge in [-0.3, -0.25) is 4.79 Å². The molecule has 2 heterocycles. The summed E-state index contributed by atoms with van der Waals surface area (Å²) >= 11 is 0. The van der Waals surface area contributed by atoms with Crippen LogP contribution in [0.2, 0.25) is 6.32 Å². The fraction of sp³-hybridized carbons (Fsp3) is 0.300. The van der Waals surface area contributed by atoms with Crippen molar-refractivity contribution in [2.24, 2.45) is 5.73 Å². The topological polar surface area (TPSA) is 163 Å². The Balaban J connectivity index is 0.00000289. The van der Waals surface area contributed by atoms with Gasteiger partial charge in [-0.2, -0.15) is 0 Å². The van der Waals surface area contributed by atoms with Crippen molar-refractivity contribution in [3.8, 4) is 23.0 Å². The van der Waals surface area contributed by atoms with E-state index in [0.717, 1.165) is 0 Å². The van der Waals surface area contributed by atoms with Gasteiger partial charge in [0.2, 0.25) is 5.91 Å². The Morgan fingerprint density at radius 1 is 1.19 bits per heavy atom. The number of ether oxygens (including phenoxy) is 1. The lowest BCUT2D eigenvalue weighted by molar-refractivity contribution is -0.141. The second kappa shape index (κ2) is 9.15. The molecule has 12 heteroatoms. The number of benzene rings is 2. The molecule has 0 spiro atoms. The van der Waals surface area contributed by atoms with Gasteiger partial charge in [-0.1, -0.05) is 12.1 Å². The average Bonchev–Trinajstić information content (AvgIpc) is 2.70. The molecule has 170 valence electrons. The zero-order valence-electron chi connectivity index (χ0n) is 16.8. The highest BCUT2D eigenvalue weighted by molar-refractivity contribution is 6.44. The van der Waals surface area contributed by atoms with Crippen LogP contribution in [0.1, 0.15) is 27.5 Å². The molecular formula is C20H22BClN2O8. The number of fused-ring (bicyclic) bond motifs is 1. The van der Waals surface area contributed by atoms with Gasteiger partial charge in [0.05, 0.1) is 13.1 Å². The molecule has 0 saturated carbocycles. The SMILES string of the molecule is Cl.NC(C(=O)N1CC(Oc2ccc3c(c2C(=O)O)OB(O)CC3)C1)c1ccc(O)c(O)c1. The van der Waals surface area contributed by atoms with Crippen molar-refractivity contribution in [2.45, 2.75) is 24.9 Å². The molecule has 0 aliphatic carbocycles. The summed E-state index contributed by atoms with van der Waals surface area (Å²) in [6.45, 7) is 0.409. The van der Waals surface area contributed by atoms with Gasteiger partial charge >= 0.3 is 13.1 Å². The molecule has 2 aromatic carbocycles. The van der Waals surface area contributed by atoms with Crippen LogP contribution in [-0.2, 0) is 11.2 Å². The van der Waals surface area contributed by atoms with E-state index in [9.17, 15) is 29.9 Å². The number of carboxylic acid groups (broad SMARTS) is 1. The number of nitrogens with zero attached hydrogens (tertiary/aromatic N) is 1. The van der Waals surface area contributed by atoms with Gasteiger partial charge in [0.25, 0.3) is 0 Å². The van der Waals surface area contributed by atoms with Gasteiger partial charge in [0.15, 0.2) is 11.5 Å². The molecule has 1 unspecified atom stereocenters. The standard InChI is InChI=1S/C20H21BN2O8.ClH/c22-17(11-1-3-13(24)14(25)7-11)19(26)23-8-12(9-23)30-15-4-2-10-5-6-21(29)31-18(10)16(15)20(27)28;/h1-4,7,12,17,24-25,29H,5-6,8-9,22H2,(H,27,28);1H. The highest BCUT2D eigenvalue weighted by Gasteiger charge is 2.37. The van der Waals surface area contributed by atoms with E-state index in [0.29, 0.717) is 23.9 Å². The number of carbonyl (C=O) groups is 2. The Morgan fingerprint density at radius 3 is 2.56 bits per heavy atom. The van der Waals surface area contributed by atoms with Crippen LogP contribution in [-0.4, -0.2) is 63.4 Å². The summed E-state index contributed by atoms with van der Waals surface area (Å²) in [5, 5.41) is 38.3. The largest absolute Gasteiger partial charge is 0.535 e. The summed E-state index contributed by atoms with van der Waals surface area (Å²) in [5.74, 6) is -2.10. The van der Waals surface area contributed by atoms with Crippen LogP contribution in [0.5, 0.6) is 23.0 Å². The van der Waals surface area contributed by atoms with E-state index < -0.39 is 25.2 Å². The quantitative estimate of drug-likeness (QED) is 0.320. The lowest BCUT2D eigenvalue weighted by atomic mass is 9.78. The summed E-state index contributed by atoms with van der Waals surface area (Å²) in [4.78, 5) is 25.8. The number of nitrogens with two attached hydrogens (primary N) is 1. The molecule has 6 N–H and O–H groups in total. The molecule has 4 rings (SSSR count). The lowest BCUT2D eigenvalue weighted by Gasteiger charge is -2.40. The van der Waals surface area contributed by atoms with Crippen molar-refractivity contribution in [2.75, 3.05) is 13.1 Å². The monoisotopic (exact) mass is 464 g/mol. The van der Waals surface area contributed by atoms with Gasteiger partial charge in [0, 0.05) is 0 Å². The van der Waals surface area contributed by atoms with E-state index >= 15 is 0 Å². The number of hydrogen-bond acceptors (Lipinski definition) is 8. The molecule has 2 aromatic rings. The van der Waals surface area contributed by atoms with Crippen molar-refractivity contribution in [3.05, 3.63) is 47.0 Å². The molecule has 2 aliphatic heterocycles. The van der Waals surface area contributed by atoms with E-state index in [1.165, 1.54) is 23.1 Å². The Bertz CT molecular complexity index is 1050. The molecule has 0 aromatic heterocycles. The molecule has 10 nitrogen and oxygen atoms in total. The van der Waals surface area contributed by atoms with Crippen LogP contribution >= 0.6 is 12.4 Å². The highest BCUT2D eigenvalue weighted by Crippen LogP contribution is 2.37. The van der Waals surface area contributed by atoms with Crippen LogP contribution in [0.3, 0.4) is 0 Å². The Kier molecular flexibility index (Phi) is 6.72. The third-order valence-corrected chi connectivity index (χ3v) is 5.41. The van der Waals surface area contributed by atoms with Crippen LogP contribution in [0, 0.1) is 0 Å². The maximum atomic E-state index is 12.6. The third kappa shape index (κ3) is 4.40. The number of halogens is 1. The van der Waals surface area contributed by atoms with Crippen molar-refractivity contribution in [3.63, 3.8) is 0 Å². The molecule has 0 radical (unpaired) electrons. The zero-order chi connectivity index (χ0) is 22.3. The lowest BCUT2D eigenvalue weighted by Crippen LogP contribution is -2.58. The van der Waals surface area contributed by atoms with E-state index in [1.807, 2.05) is 0 Å². The Morgan fingerprint density at radius 2 is 1.91 bits per heavy atom. The Labute approximate surface area is 189 Å². The van der Waals surface area contributed by atoms with E-state index in [-0.39, 0.29) is 60.0 Å². The van der Waals surface area contributed by atoms with Crippen LogP contribution in [0.15, 0.2) is 30.3 Å². The number of aromatic hydroxyl groups is 2. The smallest absolute Gasteiger partial charge is 0.522 e. The van der Waals surface area contributed by atoms with Gasteiger partial charge in [-0.05, 0) is 42.1 Å². The first-order valence-electron chi connectivity index (χ1n) is 9.71. The highest BCUT2D eigenvalue weighted by atomic mass is 35.5. The number of carboxylic acids is 1. The number of aryl methyl sites for hydroxylation is 1. The summed E-state index contributed by atoms with van der Waals surface area (Å²) in [5.41, 5.74) is 6.86. The second-order valence-corrected chi connectivity index (χ2v) is 7.55. The maximum absolute atomic E-state index is 12.6. The van der Waals surface area contributed by atoms with Crippen molar-refractivity contribution in [1.29, 1.82) is 0 Å². The van der Waals surface area contributed by atoms with E-state index in [2.05, 4.69) is 0 Å². The first-order chi connectivity index (χ1) is 14.7. The predicted octanol–water partition coefficient (Wildman–Crippen LogP) is 0.923. The van der Waals surface area contributed by atoms with Crippen LogP contribution < -0.4 is 15.1 Å². The number of aromatic carboxylic acids is 1. The molecule has 0 bridgehead atoms. The summed E-state index contributed by atoms with van der Waals surface area (Å²) in [7, 11) is -1.07. The first-order valence-corrected chi connectivity index (χ1v) is 9.71. The molecular weight excluding hydrogens is 442 g/mol. The average molecular weight is 465 g/mol. The number of rotatable bonds is 5. The molecule has 1 saturated heterocycles. The van der Waals surface area contributed by atoms with Crippen molar-refractivity contribution in [1.82, 2.24) is 4.90 Å². The number of phenols is 2. The van der Waals surface area contributed by atoms with Gasteiger partial charge in [-0.15, -0.1) is 12.4 Å². The molecule has 32 heavy (non-hydrogen) atoms. The van der Waals surface area contributed by atoms with E-state index in [1.54, 1.807) is 12.1 Å². The fourth-order valence-electron chi connectivity index (χ4n) is 3.66. The van der Waals surface area contributed by atoms with Gasteiger partial charge < -0.3 is 40.4 Å². The summed E-state index contributed by atoms with van der Waals surface area (Å²) in [6, 6.07) is 6.16. The number of hydrogen-bond donors (Lipinski definition) is 5. The number of phenolic OH excluding ortho intramolecular Hbond substituents is 2. The molecule has 1 amide bonds. The first kappa shape index (κ1) is 23.5. The van der Waals surface area contributed by atoms with Gasteiger partial charge in [-0.25, -0.2) is 4.79 Å². The fourth-order valence-corrected chi connectivity index (χ4v) is 3.66. The number of carbonyl (C=O) groups excluding carboxylic acids is 1. The molecule has 1 atom stereocenters. The summed E-state index contributed by atoms with van der Waals surface area (Å²) in [6.07, 6.45) is 0.437. The molecule has 1 fully saturated rings. The minimum absolute atomic E-state index is 0. The summed E-state index contributed by atoms with van der Waals surface area (Å²) < 4.78 is 11.1. The molecule has 2 aliphatic rings. The second-order valence-electron chi connectivity index (χ2n) is 7.55. The number of likely N-dealkylation sites (tertiary alicyclic amines) is 1. The Hall–Kier alpha value is -3.15. The van der Waals surface area contributed by atoms with Crippen molar-refractivity contribution < 1.29 is 39.3 Å². The zero-order valence-corrected chi connectivity index (χ0v) is 17.6. The maximum Gasteiger partial charge on any atom is 0.522 e. The van der Waals surface area contributed by atoms with Crippen LogP contribution in [0.25, 0.3) is 0 Å². The minimum Gasteiger partial charge on any atom is -0.535 e. The van der Waals surface area contributed by atoms with Crippen LogP contribution in [0.4, 0.5) is 0 Å². The van der Waals surface area contributed by atoms with E-state index in [4.69, 9.17) is 15.1 Å². The normalized spacial score (nSPS) is 16.2. The van der Waals surface area contributed by atoms with Gasteiger partial charge in [0.1, 0.15) is 29.2 Å².